The minimum atomic E-state index is -0.946. The van der Waals surface area contributed by atoms with Crippen LogP contribution in [-0.4, -0.2) is 54.6 Å². The number of nitrogens with one attached hydrogen (secondary N) is 2. The highest BCUT2D eigenvalue weighted by molar-refractivity contribution is 7.12. The molecule has 1 unspecified atom stereocenters. The Hall–Kier alpha value is -2.09. The van der Waals surface area contributed by atoms with Crippen molar-refractivity contribution in [1.29, 1.82) is 0 Å². The van der Waals surface area contributed by atoms with Crippen LogP contribution in [0.25, 0.3) is 0 Å². The number of carbonyl (C=O) groups is 3. The molecule has 8 heteroatoms. The first kappa shape index (κ1) is 17.0. The fourth-order valence-electron chi connectivity index (χ4n) is 1.55. The second kappa shape index (κ2) is 8.25. The molecule has 0 spiro atoms. The lowest BCUT2D eigenvalue weighted by molar-refractivity contribution is -0.141. The van der Waals surface area contributed by atoms with Crippen LogP contribution in [0.5, 0.6) is 0 Å². The molecule has 1 rings (SSSR count). The largest absolute Gasteiger partial charge is 0.481 e. The second-order valence-electron chi connectivity index (χ2n) is 4.58. The Morgan fingerprint density at radius 3 is 2.57 bits per heavy atom. The molecular formula is C13H19N3O4S. The van der Waals surface area contributed by atoms with Crippen molar-refractivity contribution in [2.75, 3.05) is 26.7 Å². The van der Waals surface area contributed by atoms with E-state index in [0.29, 0.717) is 11.4 Å². The number of rotatable bonds is 7. The molecule has 0 bridgehead atoms. The molecule has 1 aromatic rings. The minimum absolute atomic E-state index is 0.128. The smallest absolute Gasteiger partial charge is 0.317 e. The summed E-state index contributed by atoms with van der Waals surface area (Å²) in [6.45, 7) is 2.25. The molecule has 0 radical (unpaired) electrons. The maximum absolute atomic E-state index is 11.7. The van der Waals surface area contributed by atoms with Crippen molar-refractivity contribution in [3.8, 4) is 0 Å². The maximum Gasteiger partial charge on any atom is 0.317 e. The number of carboxylic acid groups (broad SMARTS) is 1. The summed E-state index contributed by atoms with van der Waals surface area (Å²) in [5, 5.41) is 15.9. The van der Waals surface area contributed by atoms with Gasteiger partial charge in [0.25, 0.3) is 5.91 Å². The van der Waals surface area contributed by atoms with Crippen LogP contribution in [0.3, 0.4) is 0 Å². The summed E-state index contributed by atoms with van der Waals surface area (Å²) in [5.74, 6) is -1.75. The van der Waals surface area contributed by atoms with Crippen LogP contribution in [0, 0.1) is 5.92 Å². The van der Waals surface area contributed by atoms with Crippen molar-refractivity contribution in [1.82, 2.24) is 15.5 Å². The number of hydrogen-bond donors (Lipinski definition) is 3. The van der Waals surface area contributed by atoms with E-state index in [0.717, 1.165) is 0 Å². The van der Waals surface area contributed by atoms with Crippen molar-refractivity contribution >= 4 is 29.2 Å². The molecule has 0 aliphatic heterocycles. The van der Waals surface area contributed by atoms with E-state index in [-0.39, 0.29) is 25.0 Å². The topological polar surface area (TPSA) is 98.7 Å². The Balaban J connectivity index is 2.21. The van der Waals surface area contributed by atoms with Gasteiger partial charge in [0.15, 0.2) is 0 Å². The Morgan fingerprint density at radius 2 is 2.00 bits per heavy atom. The second-order valence-corrected chi connectivity index (χ2v) is 5.53. The molecule has 116 valence electrons. The molecule has 1 heterocycles. The van der Waals surface area contributed by atoms with Crippen LogP contribution in [0.2, 0.25) is 0 Å². The van der Waals surface area contributed by atoms with Crippen molar-refractivity contribution in [2.24, 2.45) is 5.92 Å². The third-order valence-corrected chi connectivity index (χ3v) is 3.62. The van der Waals surface area contributed by atoms with Gasteiger partial charge in [0, 0.05) is 26.7 Å². The maximum atomic E-state index is 11.7. The fraction of sp³-hybridized carbons (Fsp3) is 0.462. The molecule has 1 atom stereocenters. The highest BCUT2D eigenvalue weighted by Crippen LogP contribution is 2.07. The Labute approximate surface area is 126 Å². The van der Waals surface area contributed by atoms with Gasteiger partial charge >= 0.3 is 12.0 Å². The number of carbonyl (C=O) groups excluding carboxylic acids is 2. The van der Waals surface area contributed by atoms with Gasteiger partial charge in [0.05, 0.1) is 10.8 Å². The van der Waals surface area contributed by atoms with Gasteiger partial charge in [-0.1, -0.05) is 13.0 Å². The number of hydrogen-bond acceptors (Lipinski definition) is 4. The lowest BCUT2D eigenvalue weighted by Gasteiger charge is -2.20. The van der Waals surface area contributed by atoms with Crippen LogP contribution >= 0.6 is 11.3 Å². The standard InChI is InChI=1S/C13H19N3O4S/c1-9(12(18)19)8-16(2)13(20)15-6-5-14-11(17)10-4-3-7-21-10/h3-4,7,9H,5-6,8H2,1-2H3,(H,14,17)(H,15,20)(H,18,19). The van der Waals surface area contributed by atoms with Gasteiger partial charge in [-0.15, -0.1) is 11.3 Å². The molecule has 3 amide bonds. The van der Waals surface area contributed by atoms with E-state index in [9.17, 15) is 14.4 Å². The minimum Gasteiger partial charge on any atom is -0.481 e. The van der Waals surface area contributed by atoms with Crippen LogP contribution in [0.4, 0.5) is 4.79 Å². The predicted octanol–water partition coefficient (Wildman–Crippen LogP) is 0.840. The molecule has 0 saturated heterocycles. The van der Waals surface area contributed by atoms with Gasteiger partial charge in [-0.3, -0.25) is 9.59 Å². The van der Waals surface area contributed by atoms with Crippen molar-refractivity contribution < 1.29 is 19.5 Å². The number of thiophene rings is 1. The van der Waals surface area contributed by atoms with E-state index in [4.69, 9.17) is 5.11 Å². The first-order valence-electron chi connectivity index (χ1n) is 6.45. The van der Waals surface area contributed by atoms with E-state index in [1.54, 1.807) is 12.1 Å². The number of carboxylic acids is 1. The Morgan fingerprint density at radius 1 is 1.33 bits per heavy atom. The number of urea groups is 1. The van der Waals surface area contributed by atoms with Crippen molar-refractivity contribution in [2.45, 2.75) is 6.92 Å². The summed E-state index contributed by atoms with van der Waals surface area (Å²) >= 11 is 1.35. The molecule has 0 aromatic carbocycles. The molecule has 0 aliphatic rings. The van der Waals surface area contributed by atoms with Gasteiger partial charge in [-0.25, -0.2) is 4.79 Å². The van der Waals surface area contributed by atoms with Crippen LogP contribution in [-0.2, 0) is 4.79 Å². The zero-order chi connectivity index (χ0) is 15.8. The number of amides is 3. The van der Waals surface area contributed by atoms with Gasteiger partial charge in [-0.05, 0) is 11.4 Å². The van der Waals surface area contributed by atoms with E-state index < -0.39 is 11.9 Å². The lowest BCUT2D eigenvalue weighted by atomic mass is 10.2. The molecule has 0 fully saturated rings. The normalized spacial score (nSPS) is 11.5. The van der Waals surface area contributed by atoms with Crippen molar-refractivity contribution in [3.63, 3.8) is 0 Å². The molecule has 0 aliphatic carbocycles. The Kier molecular flexibility index (Phi) is 6.67. The molecule has 21 heavy (non-hydrogen) atoms. The average molecular weight is 313 g/mol. The molecular weight excluding hydrogens is 294 g/mol. The zero-order valence-corrected chi connectivity index (χ0v) is 12.8. The highest BCUT2D eigenvalue weighted by atomic mass is 32.1. The summed E-state index contributed by atoms with van der Waals surface area (Å²) in [7, 11) is 1.53. The van der Waals surface area contributed by atoms with Crippen LogP contribution in [0.1, 0.15) is 16.6 Å². The van der Waals surface area contributed by atoms with E-state index in [2.05, 4.69) is 10.6 Å². The SMILES string of the molecule is CC(CN(C)C(=O)NCCNC(=O)c1cccs1)C(=O)O. The summed E-state index contributed by atoms with van der Waals surface area (Å²) in [6, 6.07) is 3.15. The van der Waals surface area contributed by atoms with Gasteiger partial charge in [0.1, 0.15) is 0 Å². The average Bonchev–Trinajstić information content (AvgIpc) is 2.96. The molecule has 3 N–H and O–H groups in total. The predicted molar refractivity (Wildman–Crippen MR) is 79.5 cm³/mol. The zero-order valence-electron chi connectivity index (χ0n) is 12.0. The van der Waals surface area contributed by atoms with Crippen LogP contribution < -0.4 is 10.6 Å². The molecule has 1 aromatic heterocycles. The Bertz CT molecular complexity index is 490. The molecule has 7 nitrogen and oxygen atoms in total. The van der Waals surface area contributed by atoms with E-state index >= 15 is 0 Å². The summed E-state index contributed by atoms with van der Waals surface area (Å²) in [4.78, 5) is 35.9. The van der Waals surface area contributed by atoms with Crippen molar-refractivity contribution in [3.05, 3.63) is 22.4 Å². The summed E-state index contributed by atoms with van der Waals surface area (Å²) in [6.07, 6.45) is 0. The van der Waals surface area contributed by atoms with Gasteiger partial charge in [0.2, 0.25) is 0 Å². The van der Waals surface area contributed by atoms with Gasteiger partial charge in [-0.2, -0.15) is 0 Å². The number of aliphatic carboxylic acids is 1. The molecule has 0 saturated carbocycles. The lowest BCUT2D eigenvalue weighted by Crippen LogP contribution is -2.43. The fourth-order valence-corrected chi connectivity index (χ4v) is 2.19. The summed E-state index contributed by atoms with van der Waals surface area (Å²) < 4.78 is 0. The van der Waals surface area contributed by atoms with E-state index in [1.807, 2.05) is 5.38 Å². The van der Waals surface area contributed by atoms with Crippen LogP contribution in [0.15, 0.2) is 17.5 Å². The first-order valence-corrected chi connectivity index (χ1v) is 7.33. The van der Waals surface area contributed by atoms with Gasteiger partial charge < -0.3 is 20.6 Å². The highest BCUT2D eigenvalue weighted by Gasteiger charge is 2.16. The summed E-state index contributed by atoms with van der Waals surface area (Å²) in [5.41, 5.74) is 0. The van der Waals surface area contributed by atoms with E-state index in [1.165, 1.54) is 30.2 Å². The number of nitrogens with zero attached hydrogens (tertiary/aromatic N) is 1. The quantitative estimate of drug-likeness (QED) is 0.650. The third kappa shape index (κ3) is 5.82. The monoisotopic (exact) mass is 313 g/mol. The third-order valence-electron chi connectivity index (χ3n) is 2.75. The first-order chi connectivity index (χ1) is 9.91.